The van der Waals surface area contributed by atoms with Gasteiger partial charge >= 0.3 is 0 Å². The van der Waals surface area contributed by atoms with Gasteiger partial charge in [-0.2, -0.15) is 0 Å². The molecule has 1 atom stereocenters. The van der Waals surface area contributed by atoms with Crippen LogP contribution in [0.25, 0.3) is 11.3 Å². The first kappa shape index (κ1) is 23.0. The van der Waals surface area contributed by atoms with Gasteiger partial charge in [0.15, 0.2) is 6.10 Å². The molecule has 1 unspecified atom stereocenters. The minimum atomic E-state index is -0.607. The number of aromatic nitrogens is 1. The van der Waals surface area contributed by atoms with Crippen LogP contribution in [0.15, 0.2) is 42.5 Å². The molecule has 1 N–H and O–H groups in total. The van der Waals surface area contributed by atoms with Crippen LogP contribution in [-0.4, -0.2) is 29.4 Å². The Morgan fingerprint density at radius 1 is 1.18 bits per heavy atom. The summed E-state index contributed by atoms with van der Waals surface area (Å²) in [6.07, 6.45) is -0.0798. The Kier molecular flexibility index (Phi) is 6.51. The molecular formula is C26H29N3O3S. The molecule has 1 aromatic heterocycles. The SMILES string of the molecule is CCC1Oc2ccc(-c3nc(C)sc3C)cc2N(CC(=O)Nc2ccc(C(C)C)cc2)C1=O. The van der Waals surface area contributed by atoms with Gasteiger partial charge in [-0.3, -0.25) is 14.5 Å². The summed E-state index contributed by atoms with van der Waals surface area (Å²) in [5.74, 6) is 0.555. The second kappa shape index (κ2) is 9.35. The molecule has 0 saturated heterocycles. The lowest BCUT2D eigenvalue weighted by Crippen LogP contribution is -2.48. The van der Waals surface area contributed by atoms with Gasteiger partial charge in [-0.1, -0.05) is 32.9 Å². The van der Waals surface area contributed by atoms with Gasteiger partial charge in [-0.05, 0) is 62.1 Å². The predicted molar refractivity (Wildman–Crippen MR) is 133 cm³/mol. The molecular weight excluding hydrogens is 434 g/mol. The molecule has 0 aliphatic carbocycles. The van der Waals surface area contributed by atoms with E-state index in [0.717, 1.165) is 21.1 Å². The van der Waals surface area contributed by atoms with E-state index in [1.807, 2.05) is 63.2 Å². The van der Waals surface area contributed by atoms with Crippen molar-refractivity contribution in [1.29, 1.82) is 0 Å². The lowest BCUT2D eigenvalue weighted by Gasteiger charge is -2.34. The van der Waals surface area contributed by atoms with E-state index in [1.165, 1.54) is 10.5 Å². The Labute approximate surface area is 198 Å². The maximum Gasteiger partial charge on any atom is 0.268 e. The summed E-state index contributed by atoms with van der Waals surface area (Å²) in [7, 11) is 0. The Bertz CT molecular complexity index is 1180. The van der Waals surface area contributed by atoms with Crippen LogP contribution in [0.3, 0.4) is 0 Å². The summed E-state index contributed by atoms with van der Waals surface area (Å²) in [6.45, 7) is 10.1. The largest absolute Gasteiger partial charge is 0.478 e. The van der Waals surface area contributed by atoms with Gasteiger partial charge in [0.05, 0.1) is 16.4 Å². The normalized spacial score (nSPS) is 15.4. The van der Waals surface area contributed by atoms with E-state index in [0.29, 0.717) is 29.5 Å². The molecule has 6 nitrogen and oxygen atoms in total. The number of hydrogen-bond donors (Lipinski definition) is 1. The second-order valence-electron chi connectivity index (χ2n) is 8.58. The number of aryl methyl sites for hydroxylation is 2. The third kappa shape index (κ3) is 4.78. The average Bonchev–Trinajstić information content (AvgIpc) is 3.13. The number of nitrogens with zero attached hydrogens (tertiary/aromatic N) is 2. The number of carbonyl (C=O) groups is 2. The van der Waals surface area contributed by atoms with Gasteiger partial charge < -0.3 is 10.1 Å². The summed E-state index contributed by atoms with van der Waals surface area (Å²) in [5, 5.41) is 3.90. The quantitative estimate of drug-likeness (QED) is 0.510. The molecule has 0 spiro atoms. The number of rotatable bonds is 6. The number of carbonyl (C=O) groups excluding carboxylic acids is 2. The second-order valence-corrected chi connectivity index (χ2v) is 9.99. The lowest BCUT2D eigenvalue weighted by molar-refractivity contribution is -0.128. The lowest BCUT2D eigenvalue weighted by atomic mass is 10.0. The van der Waals surface area contributed by atoms with Crippen molar-refractivity contribution in [2.45, 2.75) is 53.1 Å². The van der Waals surface area contributed by atoms with E-state index in [4.69, 9.17) is 4.74 Å². The maximum absolute atomic E-state index is 13.2. The molecule has 4 rings (SSSR count). The average molecular weight is 464 g/mol. The van der Waals surface area contributed by atoms with Gasteiger partial charge in [-0.25, -0.2) is 4.98 Å². The van der Waals surface area contributed by atoms with Crippen molar-refractivity contribution >= 4 is 34.5 Å². The first-order valence-corrected chi connectivity index (χ1v) is 12.0. The van der Waals surface area contributed by atoms with Crippen molar-refractivity contribution in [3.63, 3.8) is 0 Å². The fraction of sp³-hybridized carbons (Fsp3) is 0.346. The number of benzene rings is 2. The van der Waals surface area contributed by atoms with Crippen LogP contribution in [0, 0.1) is 13.8 Å². The fourth-order valence-corrected chi connectivity index (χ4v) is 4.82. The fourth-order valence-electron chi connectivity index (χ4n) is 3.98. The third-order valence-electron chi connectivity index (χ3n) is 5.77. The van der Waals surface area contributed by atoms with Crippen LogP contribution >= 0.6 is 11.3 Å². The van der Waals surface area contributed by atoms with Gasteiger partial charge in [0.25, 0.3) is 5.91 Å². The summed E-state index contributed by atoms with van der Waals surface area (Å²) < 4.78 is 5.94. The standard InChI is InChI=1S/C26H29N3O3S/c1-6-22-26(31)29(14-24(30)28-20-10-7-18(8-11-20)15(2)3)21-13-19(9-12-23(21)32-22)25-16(4)33-17(5)27-25/h7-13,15,22H,6,14H2,1-5H3,(H,28,30). The minimum Gasteiger partial charge on any atom is -0.478 e. The Morgan fingerprint density at radius 2 is 1.91 bits per heavy atom. The molecule has 0 fully saturated rings. The zero-order valence-electron chi connectivity index (χ0n) is 19.6. The van der Waals surface area contributed by atoms with Crippen molar-refractivity contribution < 1.29 is 14.3 Å². The van der Waals surface area contributed by atoms with Crippen molar-refractivity contribution in [1.82, 2.24) is 4.98 Å². The Morgan fingerprint density at radius 3 is 2.52 bits per heavy atom. The topological polar surface area (TPSA) is 71.5 Å². The van der Waals surface area contributed by atoms with Gasteiger partial charge in [0, 0.05) is 16.1 Å². The van der Waals surface area contributed by atoms with Crippen LogP contribution in [-0.2, 0) is 9.59 Å². The number of thiazole rings is 1. The van der Waals surface area contributed by atoms with E-state index in [-0.39, 0.29) is 18.4 Å². The van der Waals surface area contributed by atoms with Crippen LogP contribution in [0.5, 0.6) is 5.75 Å². The van der Waals surface area contributed by atoms with E-state index in [2.05, 4.69) is 24.1 Å². The summed E-state index contributed by atoms with van der Waals surface area (Å²) in [5.41, 5.74) is 4.30. The zero-order chi connectivity index (χ0) is 23.7. The molecule has 1 aliphatic rings. The number of nitrogens with one attached hydrogen (secondary N) is 1. The number of amides is 2. The molecule has 2 heterocycles. The van der Waals surface area contributed by atoms with Crippen molar-refractivity contribution in [2.75, 3.05) is 16.8 Å². The van der Waals surface area contributed by atoms with Crippen LogP contribution in [0.1, 0.15) is 48.6 Å². The number of hydrogen-bond acceptors (Lipinski definition) is 5. The monoisotopic (exact) mass is 463 g/mol. The smallest absolute Gasteiger partial charge is 0.268 e. The van der Waals surface area contributed by atoms with Crippen molar-refractivity contribution in [3.05, 3.63) is 57.9 Å². The molecule has 3 aromatic rings. The highest BCUT2D eigenvalue weighted by atomic mass is 32.1. The maximum atomic E-state index is 13.2. The van der Waals surface area contributed by atoms with Crippen LogP contribution in [0.2, 0.25) is 0 Å². The van der Waals surface area contributed by atoms with Crippen LogP contribution < -0.4 is 15.0 Å². The predicted octanol–water partition coefficient (Wildman–Crippen LogP) is 5.69. The Balaban J connectivity index is 1.61. The molecule has 172 valence electrons. The van der Waals surface area contributed by atoms with Gasteiger partial charge in [0.1, 0.15) is 12.3 Å². The van der Waals surface area contributed by atoms with Gasteiger partial charge in [0.2, 0.25) is 5.91 Å². The van der Waals surface area contributed by atoms with E-state index in [1.54, 1.807) is 11.3 Å². The molecule has 0 radical (unpaired) electrons. The van der Waals surface area contributed by atoms with Crippen LogP contribution in [0.4, 0.5) is 11.4 Å². The highest BCUT2D eigenvalue weighted by Gasteiger charge is 2.35. The molecule has 7 heteroatoms. The Hall–Kier alpha value is -3.19. The number of ether oxygens (including phenoxy) is 1. The first-order valence-electron chi connectivity index (χ1n) is 11.2. The number of fused-ring (bicyclic) bond motifs is 1. The van der Waals surface area contributed by atoms with Crippen molar-refractivity contribution in [2.24, 2.45) is 0 Å². The van der Waals surface area contributed by atoms with Gasteiger partial charge in [-0.15, -0.1) is 11.3 Å². The summed E-state index contributed by atoms with van der Waals surface area (Å²) in [6, 6.07) is 13.5. The summed E-state index contributed by atoms with van der Waals surface area (Å²) in [4.78, 5) is 33.3. The minimum absolute atomic E-state index is 0.0871. The third-order valence-corrected chi connectivity index (χ3v) is 6.66. The number of anilines is 2. The summed E-state index contributed by atoms with van der Waals surface area (Å²) >= 11 is 1.63. The van der Waals surface area contributed by atoms with Crippen molar-refractivity contribution in [3.8, 4) is 17.0 Å². The first-order chi connectivity index (χ1) is 15.8. The molecule has 2 amide bonds. The molecule has 0 saturated carbocycles. The van der Waals surface area contributed by atoms with E-state index >= 15 is 0 Å². The zero-order valence-corrected chi connectivity index (χ0v) is 20.5. The molecule has 0 bridgehead atoms. The highest BCUT2D eigenvalue weighted by Crippen LogP contribution is 2.39. The molecule has 2 aromatic carbocycles. The molecule has 1 aliphatic heterocycles. The molecule has 33 heavy (non-hydrogen) atoms. The van der Waals surface area contributed by atoms with E-state index in [9.17, 15) is 9.59 Å². The highest BCUT2D eigenvalue weighted by molar-refractivity contribution is 7.11. The van der Waals surface area contributed by atoms with E-state index < -0.39 is 6.10 Å².